The minimum absolute atomic E-state index is 0.0466. The number of allylic oxidation sites excluding steroid dienone is 2. The normalized spacial score (nSPS) is 12.9. The molecule has 2 unspecified atom stereocenters. The van der Waals surface area contributed by atoms with Crippen molar-refractivity contribution in [1.82, 2.24) is 0 Å². The predicted molar refractivity (Wildman–Crippen MR) is 262 cm³/mol. The first-order chi connectivity index (χ1) is 30.1. The molecule has 0 fully saturated rings. The second kappa shape index (κ2) is 45.6. The minimum Gasteiger partial charge on any atom is -0.477 e. The van der Waals surface area contributed by atoms with E-state index in [1.807, 2.05) is 21.1 Å². The highest BCUT2D eigenvalue weighted by atomic mass is 16.6. The van der Waals surface area contributed by atoms with E-state index in [-0.39, 0.29) is 36.2 Å². The number of carboxylic acid groups (broad SMARTS) is 1. The van der Waals surface area contributed by atoms with Crippen LogP contribution in [0.4, 0.5) is 0 Å². The molecule has 0 aromatic carbocycles. The summed E-state index contributed by atoms with van der Waals surface area (Å²) in [5, 5.41) is 9.65. The molecule has 2 atom stereocenters. The molecule has 366 valence electrons. The van der Waals surface area contributed by atoms with Crippen LogP contribution in [-0.2, 0) is 28.6 Å². The molecule has 0 aliphatic carbocycles. The van der Waals surface area contributed by atoms with E-state index < -0.39 is 18.1 Å². The third-order valence-electron chi connectivity index (χ3n) is 12.4. The molecule has 0 saturated heterocycles. The average molecular weight is 879 g/mol. The Morgan fingerprint density at radius 1 is 0.468 bits per heavy atom. The van der Waals surface area contributed by atoms with Crippen LogP contribution in [-0.4, -0.2) is 80.6 Å². The van der Waals surface area contributed by atoms with Crippen LogP contribution in [0.5, 0.6) is 0 Å². The van der Waals surface area contributed by atoms with Crippen LogP contribution in [0.2, 0.25) is 0 Å². The fraction of sp³-hybridized carbons (Fsp3) is 0.907. The highest BCUT2D eigenvalue weighted by molar-refractivity contribution is 5.72. The summed E-state index contributed by atoms with van der Waals surface area (Å²) in [6.07, 6.45) is 51.2. The molecule has 0 saturated carbocycles. The minimum atomic E-state index is -0.871. The lowest BCUT2D eigenvalue weighted by Gasteiger charge is -2.31. The Kier molecular flexibility index (Phi) is 44.2. The van der Waals surface area contributed by atoms with Crippen molar-refractivity contribution in [3.05, 3.63) is 12.2 Å². The van der Waals surface area contributed by atoms with Crippen molar-refractivity contribution in [3.8, 4) is 0 Å². The lowest BCUT2D eigenvalue weighted by Crippen LogP contribution is -2.50. The maximum Gasteiger partial charge on any atom is 0.362 e. The Morgan fingerprint density at radius 3 is 1.16 bits per heavy atom. The van der Waals surface area contributed by atoms with E-state index in [4.69, 9.17) is 14.2 Å². The zero-order valence-electron chi connectivity index (χ0n) is 41.9. The Balaban J connectivity index is 4.17. The predicted octanol–water partition coefficient (Wildman–Crippen LogP) is 15.4. The number of carbonyl (C=O) groups is 3. The van der Waals surface area contributed by atoms with Gasteiger partial charge >= 0.3 is 17.9 Å². The summed E-state index contributed by atoms with van der Waals surface area (Å²) < 4.78 is 17.4. The molecular weight excluding hydrogens is 775 g/mol. The highest BCUT2D eigenvalue weighted by Crippen LogP contribution is 2.17. The van der Waals surface area contributed by atoms with Gasteiger partial charge in [-0.1, -0.05) is 219 Å². The number of carbonyl (C=O) groups excluding carboxylic acids is 2. The fourth-order valence-electron chi connectivity index (χ4n) is 8.27. The van der Waals surface area contributed by atoms with E-state index in [2.05, 4.69) is 26.0 Å². The summed E-state index contributed by atoms with van der Waals surface area (Å²) in [5.74, 6) is -1.45. The lowest BCUT2D eigenvalue weighted by molar-refractivity contribution is -0.887. The molecule has 0 rings (SSSR count). The molecule has 0 bridgehead atoms. The number of unbranched alkanes of at least 4 members (excludes halogenated alkanes) is 33. The number of likely N-dealkylation sites (N-methyl/N-ethyl adjacent to an activating group) is 1. The van der Waals surface area contributed by atoms with Crippen molar-refractivity contribution in [2.24, 2.45) is 0 Å². The fourth-order valence-corrected chi connectivity index (χ4v) is 8.27. The van der Waals surface area contributed by atoms with E-state index >= 15 is 0 Å². The first-order valence-corrected chi connectivity index (χ1v) is 26.7. The topological polar surface area (TPSA) is 99.1 Å². The molecule has 0 heterocycles. The zero-order chi connectivity index (χ0) is 45.6. The molecule has 1 N–H and O–H groups in total. The summed E-state index contributed by atoms with van der Waals surface area (Å²) in [5.41, 5.74) is 0. The van der Waals surface area contributed by atoms with Gasteiger partial charge in [-0.25, -0.2) is 4.79 Å². The van der Waals surface area contributed by atoms with Crippen LogP contribution in [0, 0.1) is 0 Å². The van der Waals surface area contributed by atoms with Crippen LogP contribution in [0.15, 0.2) is 12.2 Å². The summed E-state index contributed by atoms with van der Waals surface area (Å²) in [4.78, 5) is 37.2. The van der Waals surface area contributed by atoms with Gasteiger partial charge in [-0.05, 0) is 38.5 Å². The van der Waals surface area contributed by atoms with Gasteiger partial charge in [0.05, 0.1) is 34.4 Å². The van der Waals surface area contributed by atoms with Gasteiger partial charge in [0.2, 0.25) is 0 Å². The van der Waals surface area contributed by atoms with Crippen molar-refractivity contribution in [2.45, 2.75) is 276 Å². The molecule has 8 nitrogen and oxygen atoms in total. The van der Waals surface area contributed by atoms with E-state index in [9.17, 15) is 19.5 Å². The van der Waals surface area contributed by atoms with Gasteiger partial charge in [0.15, 0.2) is 12.1 Å². The number of nitrogens with zero attached hydrogens (tertiary/aromatic N) is 1. The molecule has 0 aliphatic heterocycles. The van der Waals surface area contributed by atoms with Crippen molar-refractivity contribution < 1.29 is 38.2 Å². The maximum atomic E-state index is 12.8. The lowest BCUT2D eigenvalue weighted by atomic mass is 10.0. The molecular formula is C54H104NO7+. The van der Waals surface area contributed by atoms with Gasteiger partial charge in [-0.3, -0.25) is 9.59 Å². The zero-order valence-corrected chi connectivity index (χ0v) is 41.9. The van der Waals surface area contributed by atoms with Crippen LogP contribution in [0.1, 0.15) is 264 Å². The molecule has 8 heteroatoms. The van der Waals surface area contributed by atoms with Crippen molar-refractivity contribution >= 4 is 17.9 Å². The molecule has 0 aliphatic rings. The van der Waals surface area contributed by atoms with E-state index in [0.29, 0.717) is 19.3 Å². The average Bonchev–Trinajstić information content (AvgIpc) is 3.23. The number of rotatable bonds is 49. The monoisotopic (exact) mass is 879 g/mol. The quantitative estimate of drug-likeness (QED) is 0.0281. The van der Waals surface area contributed by atoms with Gasteiger partial charge in [0.1, 0.15) is 6.61 Å². The van der Waals surface area contributed by atoms with Crippen LogP contribution < -0.4 is 0 Å². The largest absolute Gasteiger partial charge is 0.477 e. The number of ether oxygens (including phenoxy) is 3. The van der Waals surface area contributed by atoms with Crippen molar-refractivity contribution in [3.63, 3.8) is 0 Å². The van der Waals surface area contributed by atoms with Gasteiger partial charge in [-0.2, -0.15) is 0 Å². The Hall–Kier alpha value is -1.93. The molecule has 0 aromatic heterocycles. The van der Waals surface area contributed by atoms with E-state index in [1.54, 1.807) is 0 Å². The smallest absolute Gasteiger partial charge is 0.362 e. The number of esters is 2. The van der Waals surface area contributed by atoms with Crippen molar-refractivity contribution in [2.75, 3.05) is 41.0 Å². The number of hydrogen-bond acceptors (Lipinski definition) is 6. The first kappa shape index (κ1) is 60.1. The molecule has 0 amide bonds. The summed E-state index contributed by atoms with van der Waals surface area (Å²) in [6, 6.07) is -0.611. The second-order valence-corrected chi connectivity index (χ2v) is 19.5. The second-order valence-electron chi connectivity index (χ2n) is 19.5. The van der Waals surface area contributed by atoms with E-state index in [0.717, 1.165) is 38.5 Å². The number of hydrogen-bond donors (Lipinski definition) is 1. The molecule has 0 spiro atoms. The molecule has 0 aromatic rings. The Labute approximate surface area is 384 Å². The maximum absolute atomic E-state index is 12.8. The number of quaternary nitrogens is 1. The summed E-state index contributed by atoms with van der Waals surface area (Å²) >= 11 is 0. The van der Waals surface area contributed by atoms with Gasteiger partial charge in [0, 0.05) is 19.3 Å². The van der Waals surface area contributed by atoms with Gasteiger partial charge in [0.25, 0.3) is 0 Å². The van der Waals surface area contributed by atoms with Gasteiger partial charge < -0.3 is 23.8 Å². The Morgan fingerprint density at radius 2 is 0.806 bits per heavy atom. The van der Waals surface area contributed by atoms with Gasteiger partial charge in [-0.15, -0.1) is 0 Å². The molecule has 62 heavy (non-hydrogen) atoms. The standard InChI is InChI=1S/C54H103NO7/c1-6-8-10-12-14-16-18-20-22-24-25-26-27-28-29-31-32-34-36-38-40-42-44-52(56)61-49-50(48-60-47-46-51(54(58)59)55(3,4)5)62-53(57)45-43-41-39-37-35-33-30-23-21-19-17-15-13-11-9-7-2/h27-28,50-51H,6-26,29-49H2,1-5H3/p+1/b28-27+. The van der Waals surface area contributed by atoms with Crippen LogP contribution in [0.25, 0.3) is 0 Å². The third-order valence-corrected chi connectivity index (χ3v) is 12.4. The van der Waals surface area contributed by atoms with Crippen LogP contribution in [0.3, 0.4) is 0 Å². The number of carboxylic acids is 1. The van der Waals surface area contributed by atoms with Crippen LogP contribution >= 0.6 is 0 Å². The third kappa shape index (κ3) is 43.3. The first-order valence-electron chi connectivity index (χ1n) is 26.7. The van der Waals surface area contributed by atoms with E-state index in [1.165, 1.54) is 193 Å². The van der Waals surface area contributed by atoms with Crippen molar-refractivity contribution in [1.29, 1.82) is 0 Å². The Bertz CT molecular complexity index is 1020. The number of aliphatic carboxylic acids is 1. The highest BCUT2D eigenvalue weighted by Gasteiger charge is 2.31. The summed E-state index contributed by atoms with van der Waals surface area (Å²) in [7, 11) is 5.55. The molecule has 0 radical (unpaired) electrons. The summed E-state index contributed by atoms with van der Waals surface area (Å²) in [6.45, 7) is 4.79. The SMILES string of the molecule is CCCCCCCCCCCCC/C=C/CCCCCCCCCC(=O)OCC(COCCC(C(=O)O)[N+](C)(C)C)OC(=O)CCCCCCCCCCCCCCCCCC.